The summed E-state index contributed by atoms with van der Waals surface area (Å²) in [4.78, 5) is 11.6. The van der Waals surface area contributed by atoms with E-state index in [4.69, 9.17) is 9.47 Å². The van der Waals surface area contributed by atoms with Crippen LogP contribution in [0, 0.1) is 5.92 Å². The van der Waals surface area contributed by atoms with E-state index in [1.54, 1.807) is 0 Å². The lowest BCUT2D eigenvalue weighted by molar-refractivity contribution is -0.145. The van der Waals surface area contributed by atoms with Crippen LogP contribution in [0.25, 0.3) is 0 Å². The molecule has 0 aromatic rings. The predicted octanol–water partition coefficient (Wildman–Crippen LogP) is 1.56. The Hall–Kier alpha value is -0.650. The van der Waals surface area contributed by atoms with E-state index >= 15 is 0 Å². The van der Waals surface area contributed by atoms with Gasteiger partial charge in [-0.05, 0) is 44.4 Å². The SMILES string of the molecule is O=C(O)C1(NC2CC2)CCC(OCC2CCOCC2)C1. The Labute approximate surface area is 120 Å². The van der Waals surface area contributed by atoms with Crippen molar-refractivity contribution in [3.8, 4) is 0 Å². The van der Waals surface area contributed by atoms with Crippen LogP contribution in [0.2, 0.25) is 0 Å². The normalized spacial score (nSPS) is 35.3. The minimum Gasteiger partial charge on any atom is -0.480 e. The molecule has 3 fully saturated rings. The van der Waals surface area contributed by atoms with E-state index in [-0.39, 0.29) is 6.10 Å². The third-order valence-corrected chi connectivity index (χ3v) is 4.84. The lowest BCUT2D eigenvalue weighted by atomic mass is 9.97. The number of aliphatic carboxylic acids is 1. The monoisotopic (exact) mass is 283 g/mol. The zero-order valence-electron chi connectivity index (χ0n) is 12.0. The molecule has 2 atom stereocenters. The fourth-order valence-electron chi connectivity index (χ4n) is 3.33. The fraction of sp³-hybridized carbons (Fsp3) is 0.933. The summed E-state index contributed by atoms with van der Waals surface area (Å²) >= 11 is 0. The van der Waals surface area contributed by atoms with Crippen LogP contribution < -0.4 is 5.32 Å². The molecule has 0 aromatic carbocycles. The molecule has 0 bridgehead atoms. The van der Waals surface area contributed by atoms with Crippen LogP contribution in [0.3, 0.4) is 0 Å². The van der Waals surface area contributed by atoms with Gasteiger partial charge in [0.2, 0.25) is 0 Å². The Morgan fingerprint density at radius 1 is 1.25 bits per heavy atom. The molecule has 2 N–H and O–H groups in total. The third kappa shape index (κ3) is 3.32. The molecule has 0 radical (unpaired) electrons. The van der Waals surface area contributed by atoms with Gasteiger partial charge in [-0.1, -0.05) is 0 Å². The molecular formula is C15H25NO4. The number of hydrogen-bond donors (Lipinski definition) is 2. The molecule has 2 unspecified atom stereocenters. The maximum Gasteiger partial charge on any atom is 0.324 e. The van der Waals surface area contributed by atoms with Crippen LogP contribution in [0.1, 0.15) is 44.9 Å². The largest absolute Gasteiger partial charge is 0.480 e. The van der Waals surface area contributed by atoms with Crippen molar-refractivity contribution in [1.82, 2.24) is 5.32 Å². The highest BCUT2D eigenvalue weighted by molar-refractivity contribution is 5.79. The average Bonchev–Trinajstić information content (AvgIpc) is 3.16. The summed E-state index contributed by atoms with van der Waals surface area (Å²) in [6.45, 7) is 2.43. The maximum atomic E-state index is 11.6. The number of carbonyl (C=O) groups is 1. The standard InChI is InChI=1S/C15H25NO4/c17-14(18)15(16-12-1-2-12)6-3-13(9-15)20-10-11-4-7-19-8-5-11/h11-13,16H,1-10H2,(H,17,18). The first-order valence-corrected chi connectivity index (χ1v) is 7.88. The molecule has 2 saturated carbocycles. The minimum atomic E-state index is -0.735. The fourth-order valence-corrected chi connectivity index (χ4v) is 3.33. The van der Waals surface area contributed by atoms with Gasteiger partial charge in [0.15, 0.2) is 0 Å². The molecule has 0 amide bonds. The van der Waals surface area contributed by atoms with Crippen LogP contribution in [-0.4, -0.2) is 48.6 Å². The molecule has 2 aliphatic carbocycles. The molecule has 5 nitrogen and oxygen atoms in total. The number of hydrogen-bond acceptors (Lipinski definition) is 4. The van der Waals surface area contributed by atoms with Gasteiger partial charge in [-0.15, -0.1) is 0 Å². The summed E-state index contributed by atoms with van der Waals surface area (Å²) in [5, 5.41) is 12.9. The number of carboxylic acid groups (broad SMARTS) is 1. The molecular weight excluding hydrogens is 258 g/mol. The summed E-state index contributed by atoms with van der Waals surface area (Å²) in [5.74, 6) is -0.124. The Bertz CT molecular complexity index is 352. The topological polar surface area (TPSA) is 67.8 Å². The molecule has 1 aliphatic heterocycles. The summed E-state index contributed by atoms with van der Waals surface area (Å²) in [5.41, 5.74) is -0.735. The first-order valence-electron chi connectivity index (χ1n) is 7.88. The molecule has 114 valence electrons. The van der Waals surface area contributed by atoms with E-state index in [1.807, 2.05) is 0 Å². The minimum absolute atomic E-state index is 0.0974. The average molecular weight is 283 g/mol. The van der Waals surface area contributed by atoms with E-state index in [1.165, 1.54) is 0 Å². The molecule has 3 rings (SSSR count). The smallest absolute Gasteiger partial charge is 0.324 e. The van der Waals surface area contributed by atoms with Gasteiger partial charge in [0.25, 0.3) is 0 Å². The van der Waals surface area contributed by atoms with Crippen LogP contribution in [0.5, 0.6) is 0 Å². The predicted molar refractivity (Wildman–Crippen MR) is 73.7 cm³/mol. The van der Waals surface area contributed by atoms with Gasteiger partial charge in [-0.2, -0.15) is 0 Å². The highest BCUT2D eigenvalue weighted by Crippen LogP contribution is 2.36. The van der Waals surface area contributed by atoms with Crippen molar-refractivity contribution in [2.45, 2.75) is 62.6 Å². The van der Waals surface area contributed by atoms with Gasteiger partial charge < -0.3 is 14.6 Å². The molecule has 0 aromatic heterocycles. The third-order valence-electron chi connectivity index (χ3n) is 4.84. The number of ether oxygens (including phenoxy) is 2. The van der Waals surface area contributed by atoms with Gasteiger partial charge in [0, 0.05) is 32.3 Å². The van der Waals surface area contributed by atoms with E-state index in [0.717, 1.165) is 51.9 Å². The van der Waals surface area contributed by atoms with Crippen molar-refractivity contribution in [3.05, 3.63) is 0 Å². The quantitative estimate of drug-likeness (QED) is 0.774. The van der Waals surface area contributed by atoms with Gasteiger partial charge in [0.1, 0.15) is 5.54 Å². The second kappa shape index (κ2) is 6.00. The summed E-state index contributed by atoms with van der Waals surface area (Å²) < 4.78 is 11.3. The Morgan fingerprint density at radius 2 is 2.00 bits per heavy atom. The lowest BCUT2D eigenvalue weighted by Gasteiger charge is -2.27. The highest BCUT2D eigenvalue weighted by atomic mass is 16.5. The van der Waals surface area contributed by atoms with Crippen molar-refractivity contribution in [2.24, 2.45) is 5.92 Å². The molecule has 3 aliphatic rings. The second-order valence-electron chi connectivity index (χ2n) is 6.56. The van der Waals surface area contributed by atoms with Crippen LogP contribution in [-0.2, 0) is 14.3 Å². The number of rotatable bonds is 6. The summed E-state index contributed by atoms with van der Waals surface area (Å²) in [7, 11) is 0. The molecule has 1 saturated heterocycles. The van der Waals surface area contributed by atoms with Crippen molar-refractivity contribution in [2.75, 3.05) is 19.8 Å². The van der Waals surface area contributed by atoms with E-state index in [0.29, 0.717) is 24.8 Å². The van der Waals surface area contributed by atoms with Crippen molar-refractivity contribution >= 4 is 5.97 Å². The van der Waals surface area contributed by atoms with Crippen LogP contribution >= 0.6 is 0 Å². The van der Waals surface area contributed by atoms with Gasteiger partial charge in [-0.25, -0.2) is 0 Å². The lowest BCUT2D eigenvalue weighted by Crippen LogP contribution is -2.51. The van der Waals surface area contributed by atoms with E-state index in [9.17, 15) is 9.90 Å². The van der Waals surface area contributed by atoms with Crippen LogP contribution in [0.4, 0.5) is 0 Å². The first-order chi connectivity index (χ1) is 9.68. The summed E-state index contributed by atoms with van der Waals surface area (Å²) in [6.07, 6.45) is 6.62. The first kappa shape index (κ1) is 14.3. The van der Waals surface area contributed by atoms with Gasteiger partial charge >= 0.3 is 5.97 Å². The van der Waals surface area contributed by atoms with Crippen molar-refractivity contribution < 1.29 is 19.4 Å². The Morgan fingerprint density at radius 3 is 2.65 bits per heavy atom. The van der Waals surface area contributed by atoms with Crippen LogP contribution in [0.15, 0.2) is 0 Å². The summed E-state index contributed by atoms with van der Waals surface area (Å²) in [6, 6.07) is 0.417. The number of carboxylic acids is 1. The molecule has 0 spiro atoms. The molecule has 20 heavy (non-hydrogen) atoms. The highest BCUT2D eigenvalue weighted by Gasteiger charge is 2.48. The second-order valence-corrected chi connectivity index (χ2v) is 6.56. The Kier molecular flexibility index (Phi) is 4.29. The maximum absolute atomic E-state index is 11.6. The van der Waals surface area contributed by atoms with Crippen molar-refractivity contribution in [3.63, 3.8) is 0 Å². The Balaban J connectivity index is 1.48. The molecule has 1 heterocycles. The van der Waals surface area contributed by atoms with E-state index < -0.39 is 11.5 Å². The van der Waals surface area contributed by atoms with Gasteiger partial charge in [-0.3, -0.25) is 10.1 Å². The number of nitrogens with one attached hydrogen (secondary N) is 1. The zero-order valence-corrected chi connectivity index (χ0v) is 12.0. The van der Waals surface area contributed by atoms with E-state index in [2.05, 4.69) is 5.32 Å². The van der Waals surface area contributed by atoms with Gasteiger partial charge in [0.05, 0.1) is 6.10 Å². The molecule has 5 heteroatoms. The van der Waals surface area contributed by atoms with Crippen molar-refractivity contribution in [1.29, 1.82) is 0 Å². The zero-order chi connectivity index (χ0) is 14.0.